The number of amides is 1. The summed E-state index contributed by atoms with van der Waals surface area (Å²) in [5, 5.41) is 23.5. The number of esters is 1. The van der Waals surface area contributed by atoms with E-state index in [0.717, 1.165) is 51.4 Å². The van der Waals surface area contributed by atoms with Gasteiger partial charge < -0.3 is 20.3 Å². The lowest BCUT2D eigenvalue weighted by molar-refractivity contribution is -0.143. The highest BCUT2D eigenvalue weighted by molar-refractivity contribution is 5.76. The van der Waals surface area contributed by atoms with Crippen molar-refractivity contribution in [1.82, 2.24) is 5.32 Å². The first-order valence-electron chi connectivity index (χ1n) is 43.1. The molecule has 0 saturated heterocycles. The molecule has 0 bridgehead atoms. The quantitative estimate of drug-likeness (QED) is 0.0320. The minimum absolute atomic E-state index is 0.0178. The summed E-state index contributed by atoms with van der Waals surface area (Å²) in [6.07, 6.45) is 107. The van der Waals surface area contributed by atoms with Crippen LogP contribution in [0, 0.1) is 0 Å². The van der Waals surface area contributed by atoms with E-state index in [9.17, 15) is 19.8 Å². The van der Waals surface area contributed by atoms with E-state index in [-0.39, 0.29) is 18.5 Å². The molecule has 0 aliphatic carbocycles. The molecular formula is C87H169NO5. The van der Waals surface area contributed by atoms with E-state index >= 15 is 0 Å². The van der Waals surface area contributed by atoms with Crippen LogP contribution in [0.4, 0.5) is 0 Å². The predicted octanol–water partition coefficient (Wildman–Crippen LogP) is 28.8. The highest BCUT2D eigenvalue weighted by Crippen LogP contribution is 2.21. The molecule has 0 aliphatic heterocycles. The number of nitrogens with one attached hydrogen (secondary N) is 1. The van der Waals surface area contributed by atoms with Crippen LogP contribution in [0.15, 0.2) is 24.3 Å². The zero-order chi connectivity index (χ0) is 67.0. The summed E-state index contributed by atoms with van der Waals surface area (Å²) in [4.78, 5) is 24.7. The zero-order valence-corrected chi connectivity index (χ0v) is 63.5. The molecule has 0 fully saturated rings. The number of allylic oxidation sites excluding steroid dienone is 4. The van der Waals surface area contributed by atoms with Gasteiger partial charge in [0.15, 0.2) is 0 Å². The average Bonchev–Trinajstić information content (AvgIpc) is 3.74. The Kier molecular flexibility index (Phi) is 81.3. The van der Waals surface area contributed by atoms with E-state index in [4.69, 9.17) is 4.74 Å². The molecule has 0 saturated carbocycles. The van der Waals surface area contributed by atoms with Crippen molar-refractivity contribution < 1.29 is 24.5 Å². The summed E-state index contributed by atoms with van der Waals surface area (Å²) in [6, 6.07) is -0.537. The normalized spacial score (nSPS) is 12.5. The van der Waals surface area contributed by atoms with Crippen molar-refractivity contribution in [3.63, 3.8) is 0 Å². The van der Waals surface area contributed by atoms with Crippen LogP contribution < -0.4 is 5.32 Å². The molecule has 0 radical (unpaired) electrons. The van der Waals surface area contributed by atoms with Crippen molar-refractivity contribution in [1.29, 1.82) is 0 Å². The molecule has 3 N–H and O–H groups in total. The lowest BCUT2D eigenvalue weighted by Gasteiger charge is -2.22. The fraction of sp³-hybridized carbons (Fsp3) is 0.931. The van der Waals surface area contributed by atoms with Crippen molar-refractivity contribution in [3.8, 4) is 0 Å². The number of rotatable bonds is 82. The molecule has 6 heteroatoms. The van der Waals surface area contributed by atoms with Crippen LogP contribution in [0.2, 0.25) is 0 Å². The Morgan fingerprint density at radius 2 is 0.538 bits per heavy atom. The van der Waals surface area contributed by atoms with E-state index in [1.54, 1.807) is 0 Å². The SMILES string of the molecule is CCCCCC/C=C\C/C=C\CCCCCCCCCC(=O)OCCCCCCCCCCCCCCCCCCCCCCCCCCCCCCCCCCCCCCCCCC(=O)NC(CO)C(O)CCCCCCCCCCCCCCCCCCCCC. The van der Waals surface area contributed by atoms with Crippen LogP contribution in [0.25, 0.3) is 0 Å². The van der Waals surface area contributed by atoms with Gasteiger partial charge in [0.2, 0.25) is 5.91 Å². The molecule has 1 amide bonds. The molecule has 0 aromatic rings. The maximum atomic E-state index is 12.6. The Morgan fingerprint density at radius 3 is 0.828 bits per heavy atom. The van der Waals surface area contributed by atoms with Crippen LogP contribution in [-0.2, 0) is 14.3 Å². The number of carbonyl (C=O) groups excluding carboxylic acids is 2. The Morgan fingerprint density at radius 1 is 0.301 bits per heavy atom. The van der Waals surface area contributed by atoms with Gasteiger partial charge in [0, 0.05) is 12.8 Å². The summed E-state index contributed by atoms with van der Waals surface area (Å²) >= 11 is 0. The second kappa shape index (κ2) is 82.8. The average molecular weight is 1310 g/mol. The molecule has 0 heterocycles. The van der Waals surface area contributed by atoms with Gasteiger partial charge in [0.1, 0.15) is 0 Å². The van der Waals surface area contributed by atoms with Crippen molar-refractivity contribution in [2.45, 2.75) is 508 Å². The molecular weight excluding hydrogens is 1140 g/mol. The molecule has 0 spiro atoms. The monoisotopic (exact) mass is 1310 g/mol. The second-order valence-electron chi connectivity index (χ2n) is 29.9. The minimum Gasteiger partial charge on any atom is -0.466 e. The van der Waals surface area contributed by atoms with Crippen molar-refractivity contribution in [2.24, 2.45) is 0 Å². The van der Waals surface area contributed by atoms with Crippen molar-refractivity contribution in [2.75, 3.05) is 13.2 Å². The topological polar surface area (TPSA) is 95.9 Å². The van der Waals surface area contributed by atoms with E-state index in [1.165, 1.54) is 411 Å². The molecule has 93 heavy (non-hydrogen) atoms. The van der Waals surface area contributed by atoms with E-state index in [2.05, 4.69) is 43.5 Å². The Bertz CT molecular complexity index is 1460. The number of hydrogen-bond acceptors (Lipinski definition) is 5. The number of ether oxygens (including phenoxy) is 1. The molecule has 0 aliphatic rings. The van der Waals surface area contributed by atoms with Gasteiger partial charge in [0.05, 0.1) is 25.4 Å². The number of unbranched alkanes of at least 4 members (excludes halogenated alkanes) is 67. The first-order valence-corrected chi connectivity index (χ1v) is 43.1. The van der Waals surface area contributed by atoms with E-state index in [0.29, 0.717) is 25.9 Å². The second-order valence-corrected chi connectivity index (χ2v) is 29.9. The van der Waals surface area contributed by atoms with Crippen LogP contribution in [0.5, 0.6) is 0 Å². The van der Waals surface area contributed by atoms with Gasteiger partial charge in [-0.05, 0) is 57.8 Å². The summed E-state index contributed by atoms with van der Waals surface area (Å²) < 4.78 is 5.52. The number of aliphatic hydroxyl groups is 2. The third-order valence-corrected chi connectivity index (χ3v) is 20.5. The molecule has 552 valence electrons. The molecule has 2 unspecified atom stereocenters. The molecule has 0 rings (SSSR count). The minimum atomic E-state index is -0.660. The smallest absolute Gasteiger partial charge is 0.305 e. The summed E-state index contributed by atoms with van der Waals surface area (Å²) in [5.41, 5.74) is 0. The van der Waals surface area contributed by atoms with Gasteiger partial charge in [-0.15, -0.1) is 0 Å². The highest BCUT2D eigenvalue weighted by atomic mass is 16.5. The fourth-order valence-corrected chi connectivity index (χ4v) is 14.0. The molecule has 0 aromatic carbocycles. The first-order chi connectivity index (χ1) is 46.0. The highest BCUT2D eigenvalue weighted by Gasteiger charge is 2.20. The van der Waals surface area contributed by atoms with Crippen LogP contribution in [0.1, 0.15) is 495 Å². The van der Waals surface area contributed by atoms with Crippen LogP contribution in [-0.4, -0.2) is 47.4 Å². The number of hydrogen-bond donors (Lipinski definition) is 3. The van der Waals surface area contributed by atoms with Gasteiger partial charge in [-0.2, -0.15) is 0 Å². The number of carbonyl (C=O) groups is 2. The lowest BCUT2D eigenvalue weighted by Crippen LogP contribution is -2.45. The maximum Gasteiger partial charge on any atom is 0.305 e. The summed E-state index contributed by atoms with van der Waals surface area (Å²) in [6.45, 7) is 4.99. The maximum absolute atomic E-state index is 12.6. The number of aliphatic hydroxyl groups excluding tert-OH is 2. The van der Waals surface area contributed by atoms with Gasteiger partial charge in [0.25, 0.3) is 0 Å². The molecule has 2 atom stereocenters. The fourth-order valence-electron chi connectivity index (χ4n) is 14.0. The Labute approximate surface area is 583 Å². The first kappa shape index (κ1) is 91.3. The van der Waals surface area contributed by atoms with Gasteiger partial charge >= 0.3 is 5.97 Å². The standard InChI is InChI=1S/C87H169NO5/c1-3-5-7-9-11-13-15-17-19-21-44-47-51-55-59-63-67-71-75-79-85(90)84(83-89)88-86(91)80-76-72-68-64-60-56-52-48-45-42-40-38-36-34-32-30-28-26-24-23-25-27-29-31-33-35-37-39-41-43-46-50-54-58-62-66-70-74-78-82-93-87(92)81-77-73-69-65-61-57-53-49-22-20-18-16-14-12-10-8-6-4-2/h14,16,20,22,84-85,89-90H,3-13,15,17-19,21,23-83H2,1-2H3,(H,88,91)/b16-14-,22-20-. The Balaban J connectivity index is 3.29. The largest absolute Gasteiger partial charge is 0.466 e. The van der Waals surface area contributed by atoms with E-state index in [1.807, 2.05) is 0 Å². The summed E-state index contributed by atoms with van der Waals surface area (Å²) in [5.74, 6) is -0.00572. The predicted molar refractivity (Wildman–Crippen MR) is 412 cm³/mol. The van der Waals surface area contributed by atoms with E-state index < -0.39 is 12.1 Å². The summed E-state index contributed by atoms with van der Waals surface area (Å²) in [7, 11) is 0. The van der Waals surface area contributed by atoms with Crippen molar-refractivity contribution in [3.05, 3.63) is 24.3 Å². The van der Waals surface area contributed by atoms with Gasteiger partial charge in [-0.1, -0.05) is 449 Å². The third-order valence-electron chi connectivity index (χ3n) is 20.5. The third kappa shape index (κ3) is 79.2. The van der Waals surface area contributed by atoms with Crippen molar-refractivity contribution >= 4 is 11.9 Å². The van der Waals surface area contributed by atoms with Gasteiger partial charge in [-0.3, -0.25) is 9.59 Å². The molecule has 0 aromatic heterocycles. The lowest BCUT2D eigenvalue weighted by atomic mass is 10.0. The van der Waals surface area contributed by atoms with Gasteiger partial charge in [-0.25, -0.2) is 0 Å². The molecule has 6 nitrogen and oxygen atoms in total. The Hall–Kier alpha value is -1.66. The van der Waals surface area contributed by atoms with Crippen LogP contribution in [0.3, 0.4) is 0 Å². The zero-order valence-electron chi connectivity index (χ0n) is 63.5. The van der Waals surface area contributed by atoms with Crippen LogP contribution >= 0.6 is 0 Å².